The Hall–Kier alpha value is -2.47. The van der Waals surface area contributed by atoms with E-state index in [4.69, 9.17) is 0 Å². The van der Waals surface area contributed by atoms with Gasteiger partial charge in [-0.05, 0) is 35.9 Å². The summed E-state index contributed by atoms with van der Waals surface area (Å²) in [6.45, 7) is 3.89. The monoisotopic (exact) mass is 498 g/mol. The zero-order chi connectivity index (χ0) is 24.9. The molecule has 11 heteroatoms. The Labute approximate surface area is 198 Å². The summed E-state index contributed by atoms with van der Waals surface area (Å²) in [5.41, 5.74) is 0.518. The van der Waals surface area contributed by atoms with Crippen LogP contribution in [0.5, 0.6) is 0 Å². The Bertz CT molecular complexity index is 1080. The third-order valence-electron chi connectivity index (χ3n) is 5.70. The maximum Gasteiger partial charge on any atom is 0.416 e. The predicted molar refractivity (Wildman–Crippen MR) is 124 cm³/mol. The highest BCUT2D eigenvalue weighted by molar-refractivity contribution is 7.89. The number of amides is 1. The average Bonchev–Trinajstić information content (AvgIpc) is 2.78. The van der Waals surface area contributed by atoms with Crippen molar-refractivity contribution in [2.75, 3.05) is 52.1 Å². The normalized spacial score (nSPS) is 16.1. The van der Waals surface area contributed by atoms with Crippen LogP contribution >= 0.6 is 0 Å². The van der Waals surface area contributed by atoms with Crippen LogP contribution in [0.2, 0.25) is 0 Å². The summed E-state index contributed by atoms with van der Waals surface area (Å²) in [6, 6.07) is 11.4. The topological polar surface area (TPSA) is 73.0 Å². The molecule has 1 saturated heterocycles. The number of sulfonamides is 1. The van der Waals surface area contributed by atoms with Gasteiger partial charge in [-0.25, -0.2) is 12.7 Å². The predicted octanol–water partition coefficient (Wildman–Crippen LogP) is 3.10. The van der Waals surface area contributed by atoms with Gasteiger partial charge in [-0.1, -0.05) is 18.2 Å². The molecule has 1 aliphatic heterocycles. The molecule has 7 nitrogen and oxygen atoms in total. The van der Waals surface area contributed by atoms with Gasteiger partial charge in [-0.2, -0.15) is 13.2 Å². The maximum atomic E-state index is 12.9. The second kappa shape index (κ2) is 10.9. The van der Waals surface area contributed by atoms with Crippen molar-refractivity contribution in [1.29, 1.82) is 0 Å². The molecule has 1 heterocycles. The molecular formula is C23H29F3N4O3S. The molecule has 1 amide bonds. The molecule has 0 atom stereocenters. The zero-order valence-corrected chi connectivity index (χ0v) is 20.0. The van der Waals surface area contributed by atoms with Crippen LogP contribution in [0.1, 0.15) is 17.5 Å². The van der Waals surface area contributed by atoms with Crippen molar-refractivity contribution in [2.45, 2.75) is 24.0 Å². The molecular weight excluding hydrogens is 469 g/mol. The number of anilines is 1. The summed E-state index contributed by atoms with van der Waals surface area (Å²) in [7, 11) is -0.611. The average molecular weight is 499 g/mol. The first-order valence-electron chi connectivity index (χ1n) is 10.9. The van der Waals surface area contributed by atoms with Crippen LogP contribution in [0.4, 0.5) is 18.9 Å². The second-order valence-electron chi connectivity index (χ2n) is 8.43. The molecule has 0 saturated carbocycles. The molecule has 0 aromatic heterocycles. The van der Waals surface area contributed by atoms with E-state index in [1.807, 2.05) is 0 Å². The zero-order valence-electron chi connectivity index (χ0n) is 19.2. The number of benzene rings is 2. The van der Waals surface area contributed by atoms with E-state index in [2.05, 4.69) is 15.1 Å². The molecule has 1 fully saturated rings. The Balaban J connectivity index is 1.42. The van der Waals surface area contributed by atoms with E-state index in [1.54, 1.807) is 18.2 Å². The first-order valence-corrected chi connectivity index (χ1v) is 12.3. The Morgan fingerprint density at radius 3 is 2.21 bits per heavy atom. The van der Waals surface area contributed by atoms with E-state index in [0.29, 0.717) is 37.4 Å². The quantitative estimate of drug-likeness (QED) is 0.606. The van der Waals surface area contributed by atoms with Gasteiger partial charge in [0.1, 0.15) is 0 Å². The van der Waals surface area contributed by atoms with Crippen molar-refractivity contribution in [3.05, 3.63) is 59.7 Å². The lowest BCUT2D eigenvalue weighted by molar-refractivity contribution is -0.137. The summed E-state index contributed by atoms with van der Waals surface area (Å²) in [5, 5.41) is 2.77. The van der Waals surface area contributed by atoms with Gasteiger partial charge in [0.25, 0.3) is 0 Å². The van der Waals surface area contributed by atoms with Crippen LogP contribution in [0.15, 0.2) is 53.4 Å². The number of rotatable bonds is 8. The highest BCUT2D eigenvalue weighted by Crippen LogP contribution is 2.29. The summed E-state index contributed by atoms with van der Waals surface area (Å²) >= 11 is 0. The van der Waals surface area contributed by atoms with Crippen molar-refractivity contribution < 1.29 is 26.4 Å². The molecule has 0 bridgehead atoms. The lowest BCUT2D eigenvalue weighted by atomic mass is 10.1. The van der Waals surface area contributed by atoms with Crippen LogP contribution in [0.25, 0.3) is 0 Å². The van der Waals surface area contributed by atoms with Gasteiger partial charge < -0.3 is 10.2 Å². The van der Waals surface area contributed by atoms with Crippen molar-refractivity contribution in [2.24, 2.45) is 0 Å². The largest absolute Gasteiger partial charge is 0.416 e. The van der Waals surface area contributed by atoms with Crippen molar-refractivity contribution in [3.8, 4) is 0 Å². The SMILES string of the molecule is CN(C)S(=O)(=O)c1ccc(NC(=O)CCN2CCN(Cc3cccc(C(F)(F)F)c3)CC2)cc1. The fourth-order valence-corrected chi connectivity index (χ4v) is 4.58. The van der Waals surface area contributed by atoms with Crippen LogP contribution in [0, 0.1) is 0 Å². The number of hydrogen-bond acceptors (Lipinski definition) is 5. The summed E-state index contributed by atoms with van der Waals surface area (Å²) in [6.07, 6.45) is -4.06. The summed E-state index contributed by atoms with van der Waals surface area (Å²) in [4.78, 5) is 16.7. The minimum absolute atomic E-state index is 0.151. The Kier molecular flexibility index (Phi) is 8.34. The molecule has 1 aliphatic rings. The van der Waals surface area contributed by atoms with Crippen molar-refractivity contribution in [3.63, 3.8) is 0 Å². The molecule has 186 valence electrons. The van der Waals surface area contributed by atoms with Crippen LogP contribution < -0.4 is 5.32 Å². The number of hydrogen-bond donors (Lipinski definition) is 1. The maximum absolute atomic E-state index is 12.9. The number of nitrogens with one attached hydrogen (secondary N) is 1. The van der Waals surface area contributed by atoms with Gasteiger partial charge in [0, 0.05) is 65.5 Å². The van der Waals surface area contributed by atoms with Crippen LogP contribution in [-0.2, 0) is 27.5 Å². The van der Waals surface area contributed by atoms with Crippen molar-refractivity contribution in [1.82, 2.24) is 14.1 Å². The Morgan fingerprint density at radius 2 is 1.62 bits per heavy atom. The smallest absolute Gasteiger partial charge is 0.326 e. The van der Waals surface area contributed by atoms with E-state index < -0.39 is 21.8 Å². The van der Waals surface area contributed by atoms with Gasteiger partial charge in [0.2, 0.25) is 15.9 Å². The molecule has 0 unspecified atom stereocenters. The van der Waals surface area contributed by atoms with E-state index >= 15 is 0 Å². The third kappa shape index (κ3) is 7.02. The third-order valence-corrected chi connectivity index (χ3v) is 7.53. The van der Waals surface area contributed by atoms with Crippen molar-refractivity contribution >= 4 is 21.6 Å². The number of carbonyl (C=O) groups is 1. The van der Waals surface area contributed by atoms with Gasteiger partial charge in [-0.3, -0.25) is 9.69 Å². The minimum Gasteiger partial charge on any atom is -0.326 e. The fraction of sp³-hybridized carbons (Fsp3) is 0.435. The lowest BCUT2D eigenvalue weighted by Crippen LogP contribution is -2.46. The number of carbonyl (C=O) groups excluding carboxylic acids is 1. The molecule has 3 rings (SSSR count). The lowest BCUT2D eigenvalue weighted by Gasteiger charge is -2.34. The molecule has 0 aliphatic carbocycles. The molecule has 1 N–H and O–H groups in total. The standard InChI is InChI=1S/C23H29F3N4O3S/c1-28(2)34(32,33)21-8-6-20(7-9-21)27-22(31)10-11-29-12-14-30(15-13-29)17-18-4-3-5-19(16-18)23(24,25)26/h3-9,16H,10-15,17H2,1-2H3,(H,27,31). The highest BCUT2D eigenvalue weighted by atomic mass is 32.2. The van der Waals surface area contributed by atoms with Gasteiger partial charge in [-0.15, -0.1) is 0 Å². The van der Waals surface area contributed by atoms with E-state index in [0.717, 1.165) is 23.5 Å². The first-order chi connectivity index (χ1) is 15.9. The van der Waals surface area contributed by atoms with E-state index in [-0.39, 0.29) is 17.2 Å². The molecule has 2 aromatic rings. The molecule has 0 spiro atoms. The number of halogens is 3. The number of alkyl halides is 3. The summed E-state index contributed by atoms with van der Waals surface area (Å²) < 4.78 is 64.0. The first kappa shape index (κ1) is 26.1. The van der Waals surface area contributed by atoms with Crippen LogP contribution in [0.3, 0.4) is 0 Å². The van der Waals surface area contributed by atoms with E-state index in [1.165, 1.54) is 38.4 Å². The summed E-state index contributed by atoms with van der Waals surface area (Å²) in [5.74, 6) is -0.172. The molecule has 0 radical (unpaired) electrons. The molecule has 2 aromatic carbocycles. The second-order valence-corrected chi connectivity index (χ2v) is 10.6. The van der Waals surface area contributed by atoms with Crippen LogP contribution in [-0.4, -0.2) is 75.2 Å². The minimum atomic E-state index is -4.35. The molecule has 34 heavy (non-hydrogen) atoms. The Morgan fingerprint density at radius 1 is 1.00 bits per heavy atom. The fourth-order valence-electron chi connectivity index (χ4n) is 3.68. The van der Waals surface area contributed by atoms with Gasteiger partial charge in [0.05, 0.1) is 10.5 Å². The van der Waals surface area contributed by atoms with Gasteiger partial charge in [0.15, 0.2) is 0 Å². The van der Waals surface area contributed by atoms with E-state index in [9.17, 15) is 26.4 Å². The van der Waals surface area contributed by atoms with Gasteiger partial charge >= 0.3 is 6.18 Å². The number of piperazine rings is 1. The highest BCUT2D eigenvalue weighted by Gasteiger charge is 2.30. The number of nitrogens with zero attached hydrogens (tertiary/aromatic N) is 3.